The van der Waals surface area contributed by atoms with Gasteiger partial charge in [0.2, 0.25) is 17.7 Å². The predicted molar refractivity (Wildman–Crippen MR) is 83.5 cm³/mol. The second-order valence-electron chi connectivity index (χ2n) is 4.93. The number of hydrogen-bond donors (Lipinski definition) is 8. The summed E-state index contributed by atoms with van der Waals surface area (Å²) in [6, 6.07) is -2.27. The number of nitrogens with two attached hydrogens (primary N) is 3. The molecule has 12 heteroatoms. The molecule has 2 atom stereocenters. The largest absolute Gasteiger partial charge is 0.480 e. The molecule has 0 aliphatic carbocycles. The van der Waals surface area contributed by atoms with Crippen molar-refractivity contribution in [2.24, 2.45) is 17.2 Å². The number of rotatable bonds is 11. The van der Waals surface area contributed by atoms with E-state index in [1.807, 2.05) is 0 Å². The molecule has 0 saturated heterocycles. The number of hydrogen-bond acceptors (Lipinski definition) is 6. The molecule has 136 valence electrons. The average Bonchev–Trinajstić information content (AvgIpc) is 2.46. The van der Waals surface area contributed by atoms with Gasteiger partial charge < -0.3 is 38.3 Å². The molecule has 12 nitrogen and oxygen atoms in total. The van der Waals surface area contributed by atoms with E-state index in [-0.39, 0.29) is 25.3 Å². The van der Waals surface area contributed by atoms with Crippen LogP contribution in [0.25, 0.3) is 0 Å². The maximum Gasteiger partial charge on any atom is 0.322 e. The third kappa shape index (κ3) is 9.94. The first kappa shape index (κ1) is 21.1. The fourth-order valence-corrected chi connectivity index (χ4v) is 1.67. The molecule has 0 aliphatic rings. The highest BCUT2D eigenvalue weighted by Crippen LogP contribution is 1.99. The van der Waals surface area contributed by atoms with Crippen molar-refractivity contribution >= 4 is 29.7 Å². The molecule has 0 aromatic carbocycles. The molecule has 0 unspecified atom stereocenters. The number of guanidine groups is 1. The van der Waals surface area contributed by atoms with Crippen LogP contribution in [0.5, 0.6) is 0 Å². The minimum absolute atomic E-state index is 0.140. The first-order valence-corrected chi connectivity index (χ1v) is 7.05. The number of amides is 3. The highest BCUT2D eigenvalue weighted by Gasteiger charge is 2.24. The fourth-order valence-electron chi connectivity index (χ4n) is 1.67. The second kappa shape index (κ2) is 10.8. The van der Waals surface area contributed by atoms with Crippen molar-refractivity contribution in [3.63, 3.8) is 0 Å². The lowest BCUT2D eigenvalue weighted by Gasteiger charge is -2.20. The van der Waals surface area contributed by atoms with E-state index in [9.17, 15) is 19.2 Å². The molecule has 0 aromatic rings. The fraction of sp³-hybridized carbons (Fsp3) is 0.583. The van der Waals surface area contributed by atoms with E-state index in [1.165, 1.54) is 0 Å². The molecule has 11 N–H and O–H groups in total. The molecule has 3 amide bonds. The number of carbonyl (C=O) groups excluding carboxylic acids is 3. The van der Waals surface area contributed by atoms with Crippen LogP contribution < -0.4 is 33.2 Å². The number of primary amides is 1. The standard InChI is InChI=1S/C12H23N7O5/c13-6(4-8(14)20)10(23)19-7(2-1-3-17-12(15)16)11(24)18-5-9(21)22/h6-7H,1-5,13H2,(H2,14,20)(H,18,24)(H,19,23)(H,21,22)(H4,15,16,17)/t6-,7-/m0/s1. The van der Waals surface area contributed by atoms with Crippen molar-refractivity contribution in [1.82, 2.24) is 16.0 Å². The minimum atomic E-state index is -1.24. The molecule has 24 heavy (non-hydrogen) atoms. The van der Waals surface area contributed by atoms with Crippen LogP contribution in [0.4, 0.5) is 0 Å². The van der Waals surface area contributed by atoms with Crippen LogP contribution in [-0.4, -0.2) is 59.9 Å². The molecule has 0 radical (unpaired) electrons. The number of aliphatic carboxylic acids is 1. The molecule has 0 fully saturated rings. The SMILES string of the molecule is N=C(N)NCCC[C@H](NC(=O)[C@@H](N)CC(N)=O)C(=O)NCC(=O)O. The normalized spacial score (nSPS) is 12.5. The lowest BCUT2D eigenvalue weighted by Crippen LogP contribution is -2.53. The van der Waals surface area contributed by atoms with Crippen molar-refractivity contribution in [3.8, 4) is 0 Å². The quantitative estimate of drug-likeness (QED) is 0.105. The maximum atomic E-state index is 11.9. The van der Waals surface area contributed by atoms with Gasteiger partial charge >= 0.3 is 5.97 Å². The first-order valence-electron chi connectivity index (χ1n) is 7.05. The Labute approximate surface area is 138 Å². The Hall–Kier alpha value is -2.89. The van der Waals surface area contributed by atoms with Crippen molar-refractivity contribution in [1.29, 1.82) is 5.41 Å². The molecule has 0 spiro atoms. The van der Waals surface area contributed by atoms with Crippen LogP contribution in [0.15, 0.2) is 0 Å². The van der Waals surface area contributed by atoms with Gasteiger partial charge in [0.25, 0.3) is 0 Å². The van der Waals surface area contributed by atoms with Crippen LogP contribution in [0.2, 0.25) is 0 Å². The maximum absolute atomic E-state index is 11.9. The Kier molecular flexibility index (Phi) is 9.48. The number of carboxylic acid groups (broad SMARTS) is 1. The zero-order valence-corrected chi connectivity index (χ0v) is 13.0. The minimum Gasteiger partial charge on any atom is -0.480 e. The lowest BCUT2D eigenvalue weighted by atomic mass is 10.1. The molecule has 0 heterocycles. The Morgan fingerprint density at radius 1 is 1.08 bits per heavy atom. The van der Waals surface area contributed by atoms with E-state index < -0.39 is 42.3 Å². The average molecular weight is 345 g/mol. The lowest BCUT2D eigenvalue weighted by molar-refractivity contribution is -0.138. The summed E-state index contributed by atoms with van der Waals surface area (Å²) in [4.78, 5) is 45.1. The molecule has 0 saturated carbocycles. The van der Waals surface area contributed by atoms with E-state index in [2.05, 4.69) is 16.0 Å². The molecule has 0 aliphatic heterocycles. The van der Waals surface area contributed by atoms with Gasteiger partial charge in [-0.1, -0.05) is 0 Å². The van der Waals surface area contributed by atoms with Crippen LogP contribution in [-0.2, 0) is 19.2 Å². The Bertz CT molecular complexity index is 496. The third-order valence-corrected chi connectivity index (χ3v) is 2.79. The third-order valence-electron chi connectivity index (χ3n) is 2.79. The van der Waals surface area contributed by atoms with Gasteiger partial charge in [-0.05, 0) is 12.8 Å². The van der Waals surface area contributed by atoms with Crippen LogP contribution >= 0.6 is 0 Å². The molecular weight excluding hydrogens is 322 g/mol. The summed E-state index contributed by atoms with van der Waals surface area (Å²) >= 11 is 0. The summed E-state index contributed by atoms with van der Waals surface area (Å²) in [5, 5.41) is 22.6. The summed E-state index contributed by atoms with van der Waals surface area (Å²) in [6.07, 6.45) is 0.109. The highest BCUT2D eigenvalue weighted by atomic mass is 16.4. The zero-order chi connectivity index (χ0) is 18.7. The van der Waals surface area contributed by atoms with Gasteiger partial charge in [-0.3, -0.25) is 24.6 Å². The van der Waals surface area contributed by atoms with Gasteiger partial charge in [0, 0.05) is 6.54 Å². The monoisotopic (exact) mass is 345 g/mol. The molecule has 0 aromatic heterocycles. The molecule has 0 rings (SSSR count). The van der Waals surface area contributed by atoms with E-state index in [0.717, 1.165) is 0 Å². The van der Waals surface area contributed by atoms with E-state index in [4.69, 9.17) is 27.7 Å². The summed E-state index contributed by atoms with van der Waals surface area (Å²) in [5.74, 6) is -3.72. The van der Waals surface area contributed by atoms with Crippen molar-refractivity contribution in [2.75, 3.05) is 13.1 Å². The van der Waals surface area contributed by atoms with Gasteiger partial charge in [0.15, 0.2) is 5.96 Å². The number of carboxylic acids is 1. The van der Waals surface area contributed by atoms with E-state index >= 15 is 0 Å². The Morgan fingerprint density at radius 2 is 1.71 bits per heavy atom. The van der Waals surface area contributed by atoms with Gasteiger partial charge in [0.1, 0.15) is 12.6 Å². The van der Waals surface area contributed by atoms with Crippen molar-refractivity contribution in [3.05, 3.63) is 0 Å². The van der Waals surface area contributed by atoms with Crippen LogP contribution in [0.1, 0.15) is 19.3 Å². The topological polar surface area (TPSA) is 227 Å². The second-order valence-corrected chi connectivity index (χ2v) is 4.93. The number of carbonyl (C=O) groups is 4. The Balaban J connectivity index is 4.67. The first-order chi connectivity index (χ1) is 11.1. The van der Waals surface area contributed by atoms with Crippen molar-refractivity contribution in [2.45, 2.75) is 31.3 Å². The summed E-state index contributed by atoms with van der Waals surface area (Å²) in [6.45, 7) is -0.328. The zero-order valence-electron chi connectivity index (χ0n) is 13.0. The smallest absolute Gasteiger partial charge is 0.322 e. The van der Waals surface area contributed by atoms with Crippen LogP contribution in [0, 0.1) is 5.41 Å². The van der Waals surface area contributed by atoms with Crippen LogP contribution in [0.3, 0.4) is 0 Å². The summed E-state index contributed by atoms with van der Waals surface area (Å²) in [7, 11) is 0. The molecular formula is C12H23N7O5. The van der Waals surface area contributed by atoms with Gasteiger partial charge in [-0.25, -0.2) is 0 Å². The summed E-state index contributed by atoms with van der Waals surface area (Å²) < 4.78 is 0. The predicted octanol–water partition coefficient (Wildman–Crippen LogP) is -3.86. The highest BCUT2D eigenvalue weighted by molar-refractivity contribution is 5.92. The van der Waals surface area contributed by atoms with Gasteiger partial charge in [-0.15, -0.1) is 0 Å². The van der Waals surface area contributed by atoms with E-state index in [0.29, 0.717) is 6.42 Å². The van der Waals surface area contributed by atoms with Crippen molar-refractivity contribution < 1.29 is 24.3 Å². The van der Waals surface area contributed by atoms with Gasteiger partial charge in [-0.2, -0.15) is 0 Å². The van der Waals surface area contributed by atoms with E-state index in [1.54, 1.807) is 0 Å². The van der Waals surface area contributed by atoms with Gasteiger partial charge in [0.05, 0.1) is 12.5 Å². The Morgan fingerprint density at radius 3 is 2.21 bits per heavy atom. The molecule has 0 bridgehead atoms. The number of nitrogens with one attached hydrogen (secondary N) is 4. The summed E-state index contributed by atoms with van der Waals surface area (Å²) in [5.41, 5.74) is 15.5.